The van der Waals surface area contributed by atoms with Crippen molar-refractivity contribution in [2.45, 2.75) is 90.4 Å². The monoisotopic (exact) mass is 412 g/mol. The zero-order chi connectivity index (χ0) is 21.5. The quantitative estimate of drug-likeness (QED) is 0.329. The number of hydrogen-bond acceptors (Lipinski definition) is 0. The molecule has 2 saturated carbocycles. The molecule has 4 unspecified atom stereocenters. The summed E-state index contributed by atoms with van der Waals surface area (Å²) in [6.45, 7) is 4.43. The highest BCUT2D eigenvalue weighted by Crippen LogP contribution is 2.48. The molecule has 2 aliphatic rings. The van der Waals surface area contributed by atoms with Crippen LogP contribution in [-0.4, -0.2) is 0 Å². The zero-order valence-corrected chi connectivity index (χ0v) is 19.7. The van der Waals surface area contributed by atoms with Crippen molar-refractivity contribution < 1.29 is 0 Å². The van der Waals surface area contributed by atoms with E-state index in [0.29, 0.717) is 0 Å². The Morgan fingerprint density at radius 3 is 2.06 bits per heavy atom. The number of rotatable bonds is 6. The molecule has 0 N–H and O–H groups in total. The van der Waals surface area contributed by atoms with Crippen molar-refractivity contribution in [1.29, 1.82) is 0 Å². The minimum atomic E-state index is 0.765. The molecule has 2 aromatic rings. The van der Waals surface area contributed by atoms with Crippen LogP contribution in [0.2, 0.25) is 0 Å². The Morgan fingerprint density at radius 2 is 1.35 bits per heavy atom. The van der Waals surface area contributed by atoms with Crippen molar-refractivity contribution in [2.75, 3.05) is 0 Å². The predicted molar refractivity (Wildman–Crippen MR) is 133 cm³/mol. The molecule has 0 heteroatoms. The molecule has 4 atom stereocenters. The highest BCUT2D eigenvalue weighted by Gasteiger charge is 2.35. The van der Waals surface area contributed by atoms with Gasteiger partial charge in [-0.1, -0.05) is 87.1 Å². The molecule has 2 fully saturated rings. The van der Waals surface area contributed by atoms with Gasteiger partial charge in [0.05, 0.1) is 0 Å². The van der Waals surface area contributed by atoms with Crippen molar-refractivity contribution >= 4 is 0 Å². The number of aryl methyl sites for hydroxylation is 1. The first kappa shape index (κ1) is 22.2. The maximum Gasteiger partial charge on any atom is 0.0249 e. The van der Waals surface area contributed by atoms with Crippen molar-refractivity contribution in [3.05, 3.63) is 70.8 Å². The minimum Gasteiger partial charge on any atom is -0.0654 e. The van der Waals surface area contributed by atoms with Crippen LogP contribution in [0.3, 0.4) is 0 Å². The molecule has 0 aromatic heterocycles. The summed E-state index contributed by atoms with van der Waals surface area (Å²) in [4.78, 5) is 0. The Bertz CT molecular complexity index is 861. The van der Waals surface area contributed by atoms with E-state index in [2.05, 4.69) is 74.2 Å². The van der Waals surface area contributed by atoms with Gasteiger partial charge in [-0.05, 0) is 92.5 Å². The van der Waals surface area contributed by atoms with Crippen LogP contribution in [0.15, 0.2) is 48.5 Å². The summed E-state index contributed by atoms with van der Waals surface area (Å²) in [7, 11) is 0. The van der Waals surface area contributed by atoms with E-state index < -0.39 is 0 Å². The summed E-state index contributed by atoms with van der Waals surface area (Å²) in [5.74, 6) is 10.4. The lowest BCUT2D eigenvalue weighted by Gasteiger charge is -2.42. The topological polar surface area (TPSA) is 0 Å². The first-order chi connectivity index (χ1) is 15.2. The molecule has 0 bridgehead atoms. The van der Waals surface area contributed by atoms with Gasteiger partial charge in [-0.3, -0.25) is 0 Å². The van der Waals surface area contributed by atoms with Gasteiger partial charge in [0.25, 0.3) is 0 Å². The van der Waals surface area contributed by atoms with Gasteiger partial charge < -0.3 is 0 Å². The van der Waals surface area contributed by atoms with Crippen LogP contribution in [0, 0.1) is 36.5 Å². The molecular weight excluding hydrogens is 372 g/mol. The maximum absolute atomic E-state index is 3.34. The van der Waals surface area contributed by atoms with Crippen molar-refractivity contribution in [1.82, 2.24) is 0 Å². The molecule has 0 heterocycles. The van der Waals surface area contributed by atoms with Gasteiger partial charge in [0.1, 0.15) is 0 Å². The molecule has 4 rings (SSSR count). The summed E-state index contributed by atoms with van der Waals surface area (Å²) in [5.41, 5.74) is 5.04. The number of benzene rings is 2. The second kappa shape index (κ2) is 11.0. The standard InChI is InChI=1S/C31H40/c1-3-4-5-6-7-27-16-19-31-23-30(21-20-29(31)22-27)28-17-14-26(15-18-28)13-12-25-10-8-24(2)9-11-25/h8-11,14-15,17-18,27,29-31H,3-7,16,19-23H2,1-2H3. The zero-order valence-electron chi connectivity index (χ0n) is 19.7. The van der Waals surface area contributed by atoms with Crippen LogP contribution in [0.25, 0.3) is 0 Å². The largest absolute Gasteiger partial charge is 0.0654 e. The van der Waals surface area contributed by atoms with Gasteiger partial charge in [0, 0.05) is 11.1 Å². The van der Waals surface area contributed by atoms with Crippen LogP contribution in [0.5, 0.6) is 0 Å². The molecule has 164 valence electrons. The third-order valence-electron chi connectivity index (χ3n) is 7.97. The molecule has 2 aliphatic carbocycles. The van der Waals surface area contributed by atoms with Crippen LogP contribution in [0.1, 0.15) is 106 Å². The molecule has 0 amide bonds. The van der Waals surface area contributed by atoms with Crippen LogP contribution < -0.4 is 0 Å². The molecule has 0 radical (unpaired) electrons. The second-order valence-corrected chi connectivity index (χ2v) is 10.3. The van der Waals surface area contributed by atoms with Crippen molar-refractivity contribution in [3.8, 4) is 11.8 Å². The first-order valence-corrected chi connectivity index (χ1v) is 12.9. The van der Waals surface area contributed by atoms with Crippen molar-refractivity contribution in [2.24, 2.45) is 17.8 Å². The van der Waals surface area contributed by atoms with Gasteiger partial charge >= 0.3 is 0 Å². The Morgan fingerprint density at radius 1 is 0.710 bits per heavy atom. The van der Waals surface area contributed by atoms with E-state index in [9.17, 15) is 0 Å². The number of fused-ring (bicyclic) bond motifs is 1. The van der Waals surface area contributed by atoms with E-state index >= 15 is 0 Å². The van der Waals surface area contributed by atoms with E-state index in [0.717, 1.165) is 34.8 Å². The first-order valence-electron chi connectivity index (χ1n) is 12.9. The van der Waals surface area contributed by atoms with Gasteiger partial charge in [-0.15, -0.1) is 0 Å². The lowest BCUT2D eigenvalue weighted by Crippen LogP contribution is -2.30. The second-order valence-electron chi connectivity index (χ2n) is 10.3. The number of hydrogen-bond donors (Lipinski definition) is 0. The fourth-order valence-electron chi connectivity index (χ4n) is 6.03. The Kier molecular flexibility index (Phi) is 7.91. The summed E-state index contributed by atoms with van der Waals surface area (Å²) in [6, 6.07) is 17.6. The molecule has 31 heavy (non-hydrogen) atoms. The van der Waals surface area contributed by atoms with Gasteiger partial charge in [0.2, 0.25) is 0 Å². The summed E-state index contributed by atoms with van der Waals surface area (Å²) >= 11 is 0. The molecule has 0 spiro atoms. The summed E-state index contributed by atoms with van der Waals surface area (Å²) < 4.78 is 0. The van der Waals surface area contributed by atoms with E-state index in [1.54, 1.807) is 5.56 Å². The predicted octanol–water partition coefficient (Wildman–Crippen LogP) is 8.67. The third kappa shape index (κ3) is 6.26. The molecule has 0 saturated heterocycles. The van der Waals surface area contributed by atoms with E-state index in [1.807, 2.05) is 0 Å². The molecule has 2 aromatic carbocycles. The van der Waals surface area contributed by atoms with Crippen LogP contribution >= 0.6 is 0 Å². The molecular formula is C31H40. The summed E-state index contributed by atoms with van der Waals surface area (Å²) in [6.07, 6.45) is 16.0. The highest BCUT2D eigenvalue weighted by atomic mass is 14.4. The van der Waals surface area contributed by atoms with E-state index in [1.165, 1.54) is 76.2 Å². The minimum absolute atomic E-state index is 0.765. The Hall–Kier alpha value is -2.00. The van der Waals surface area contributed by atoms with Gasteiger partial charge in [-0.25, -0.2) is 0 Å². The number of unbranched alkanes of at least 4 members (excludes halogenated alkanes) is 3. The fraction of sp³-hybridized carbons (Fsp3) is 0.548. The summed E-state index contributed by atoms with van der Waals surface area (Å²) in [5, 5.41) is 0. The van der Waals surface area contributed by atoms with Crippen LogP contribution in [0.4, 0.5) is 0 Å². The highest BCUT2D eigenvalue weighted by molar-refractivity contribution is 5.44. The van der Waals surface area contributed by atoms with Crippen LogP contribution in [-0.2, 0) is 0 Å². The maximum atomic E-state index is 3.34. The Labute approximate surface area is 190 Å². The fourth-order valence-corrected chi connectivity index (χ4v) is 6.03. The average molecular weight is 413 g/mol. The van der Waals surface area contributed by atoms with Gasteiger partial charge in [0.15, 0.2) is 0 Å². The molecule has 0 aliphatic heterocycles. The lowest BCUT2D eigenvalue weighted by atomic mass is 9.63. The van der Waals surface area contributed by atoms with Crippen molar-refractivity contribution in [3.63, 3.8) is 0 Å². The third-order valence-corrected chi connectivity index (χ3v) is 7.97. The SMILES string of the molecule is CCCCCCC1CCC2CC(c3ccc(C#Cc4ccc(C)cc4)cc3)CCC2C1. The molecule has 0 nitrogen and oxygen atoms in total. The Balaban J connectivity index is 1.28. The van der Waals surface area contributed by atoms with E-state index in [4.69, 9.17) is 0 Å². The lowest BCUT2D eigenvalue weighted by molar-refractivity contribution is 0.113. The average Bonchev–Trinajstić information content (AvgIpc) is 2.81. The smallest absolute Gasteiger partial charge is 0.0249 e. The van der Waals surface area contributed by atoms with E-state index in [-0.39, 0.29) is 0 Å². The van der Waals surface area contributed by atoms with Gasteiger partial charge in [-0.2, -0.15) is 0 Å². The normalized spacial score (nSPS) is 25.4.